The molecule has 0 aliphatic carbocycles. The van der Waals surface area contributed by atoms with Crippen LogP contribution >= 0.6 is 0 Å². The van der Waals surface area contributed by atoms with Crippen molar-refractivity contribution in [2.75, 3.05) is 25.1 Å². The van der Waals surface area contributed by atoms with E-state index in [1.165, 1.54) is 12.8 Å². The van der Waals surface area contributed by atoms with Crippen LogP contribution in [-0.4, -0.2) is 42.7 Å². The molecule has 4 nitrogen and oxygen atoms in total. The summed E-state index contributed by atoms with van der Waals surface area (Å²) in [5.74, 6) is 0.628. The quantitative estimate of drug-likeness (QED) is 0.873. The van der Waals surface area contributed by atoms with Gasteiger partial charge in [0, 0.05) is 0 Å². The zero-order chi connectivity index (χ0) is 11.5. The minimum absolute atomic E-state index is 0.0497. The van der Waals surface area contributed by atoms with Crippen molar-refractivity contribution in [1.29, 1.82) is 0 Å². The zero-order valence-electron chi connectivity index (χ0n) is 9.56. The van der Waals surface area contributed by atoms with E-state index >= 15 is 0 Å². The fourth-order valence-electron chi connectivity index (χ4n) is 2.17. The van der Waals surface area contributed by atoms with Gasteiger partial charge in [-0.25, -0.2) is 0 Å². The molecule has 2 aromatic rings. The molecule has 0 spiro atoms. The normalized spacial score (nSPS) is 20.6. The third-order valence-corrected chi connectivity index (χ3v) is 4.26. The van der Waals surface area contributed by atoms with Crippen LogP contribution < -0.4 is 5.32 Å². The molecule has 1 N–H and O–H groups in total. The van der Waals surface area contributed by atoms with Crippen LogP contribution in [0.15, 0.2) is 18.2 Å². The molecule has 90 valence electrons. The van der Waals surface area contributed by atoms with Gasteiger partial charge in [0.05, 0.1) is 0 Å². The molecule has 0 saturated carbocycles. The van der Waals surface area contributed by atoms with Gasteiger partial charge in [0.1, 0.15) is 0 Å². The van der Waals surface area contributed by atoms with Crippen molar-refractivity contribution < 1.29 is 4.74 Å². The van der Waals surface area contributed by atoms with E-state index in [1.54, 1.807) is 0 Å². The van der Waals surface area contributed by atoms with E-state index in [1.807, 2.05) is 12.1 Å². The van der Waals surface area contributed by atoms with Gasteiger partial charge in [-0.05, 0) is 0 Å². The summed E-state index contributed by atoms with van der Waals surface area (Å²) in [6.45, 7) is 2.78. The summed E-state index contributed by atoms with van der Waals surface area (Å²) >= 11 is 0.0497. The molecule has 1 atom stereocenters. The Bertz CT molecular complexity index is 493. The summed E-state index contributed by atoms with van der Waals surface area (Å²) in [4.78, 5) is 0. The van der Waals surface area contributed by atoms with Gasteiger partial charge in [0.25, 0.3) is 0 Å². The van der Waals surface area contributed by atoms with E-state index in [0.717, 1.165) is 36.5 Å². The van der Waals surface area contributed by atoms with E-state index in [4.69, 9.17) is 4.74 Å². The number of benzene rings is 1. The van der Waals surface area contributed by atoms with Gasteiger partial charge >= 0.3 is 106 Å². The second kappa shape index (κ2) is 5.17. The Morgan fingerprint density at radius 2 is 2.41 bits per heavy atom. The van der Waals surface area contributed by atoms with Crippen LogP contribution in [-0.2, 0) is 4.74 Å². The topological polar surface area (TPSA) is 47.0 Å². The second-order valence-electron chi connectivity index (χ2n) is 4.40. The van der Waals surface area contributed by atoms with Crippen molar-refractivity contribution in [3.05, 3.63) is 18.2 Å². The monoisotopic (exact) mass is 297 g/mol. The maximum absolute atomic E-state index is 5.48. The first-order valence-electron chi connectivity index (χ1n) is 5.96. The first kappa shape index (κ1) is 11.2. The fourth-order valence-corrected chi connectivity index (χ4v) is 3.32. The summed E-state index contributed by atoms with van der Waals surface area (Å²) in [6.07, 6.45) is 2.44. The molecule has 0 bridgehead atoms. The van der Waals surface area contributed by atoms with Gasteiger partial charge < -0.3 is 0 Å². The summed E-state index contributed by atoms with van der Waals surface area (Å²) in [5, 5.41) is 3.49. The number of ether oxygens (including phenoxy) is 1. The summed E-state index contributed by atoms with van der Waals surface area (Å²) in [7, 11) is 0. The Morgan fingerprint density at radius 1 is 1.41 bits per heavy atom. The number of hydrogen-bond acceptors (Lipinski definition) is 4. The predicted molar refractivity (Wildman–Crippen MR) is 68.5 cm³/mol. The molecule has 1 aliphatic heterocycles. The Labute approximate surface area is 107 Å². The van der Waals surface area contributed by atoms with Crippen molar-refractivity contribution in [3.8, 4) is 0 Å². The molecule has 2 heterocycles. The third kappa shape index (κ3) is 2.51. The van der Waals surface area contributed by atoms with Crippen molar-refractivity contribution in [1.82, 2.24) is 7.96 Å². The Morgan fingerprint density at radius 3 is 3.29 bits per heavy atom. The third-order valence-electron chi connectivity index (χ3n) is 3.12. The first-order chi connectivity index (χ1) is 8.43. The SMILES string of the molecule is c1cc(NCC2CCCOC2)c2n[se]nc2c1. The van der Waals surface area contributed by atoms with Crippen molar-refractivity contribution in [2.45, 2.75) is 12.8 Å². The number of fused-ring (bicyclic) bond motifs is 1. The average molecular weight is 296 g/mol. The van der Waals surface area contributed by atoms with Crippen LogP contribution in [0.1, 0.15) is 12.8 Å². The summed E-state index contributed by atoms with van der Waals surface area (Å²) in [5.41, 5.74) is 3.20. The first-order valence-corrected chi connectivity index (χ1v) is 7.49. The molecule has 0 amide bonds. The van der Waals surface area contributed by atoms with Crippen LogP contribution in [0.5, 0.6) is 0 Å². The van der Waals surface area contributed by atoms with Crippen LogP contribution in [0.3, 0.4) is 0 Å². The van der Waals surface area contributed by atoms with Crippen LogP contribution in [0.25, 0.3) is 11.0 Å². The van der Waals surface area contributed by atoms with E-state index in [0.29, 0.717) is 5.92 Å². The van der Waals surface area contributed by atoms with Crippen LogP contribution in [0, 0.1) is 5.92 Å². The Balaban J connectivity index is 1.69. The van der Waals surface area contributed by atoms with E-state index in [9.17, 15) is 0 Å². The van der Waals surface area contributed by atoms with E-state index in [2.05, 4.69) is 19.3 Å². The molecule has 1 aromatic carbocycles. The Hall–Kier alpha value is -0.901. The van der Waals surface area contributed by atoms with E-state index in [-0.39, 0.29) is 15.0 Å². The number of anilines is 1. The predicted octanol–water partition coefficient (Wildman–Crippen LogP) is 1.53. The molecule has 1 fully saturated rings. The Kier molecular flexibility index (Phi) is 3.41. The molecular weight excluding hydrogens is 281 g/mol. The standard InChI is InChI=1S/C12H15N3OSe/c1-4-10(12-11(5-1)14-17-15-12)13-7-9-3-2-6-16-8-9/h1,4-5,9,13H,2-3,6-8H2. The van der Waals surface area contributed by atoms with Gasteiger partial charge in [-0.3, -0.25) is 0 Å². The van der Waals surface area contributed by atoms with Crippen molar-refractivity contribution >= 4 is 31.7 Å². The molecule has 0 radical (unpaired) electrons. The molecule has 3 rings (SSSR count). The number of hydrogen-bond donors (Lipinski definition) is 1. The van der Waals surface area contributed by atoms with Gasteiger partial charge in [-0.2, -0.15) is 0 Å². The molecule has 1 aromatic heterocycles. The summed E-state index contributed by atoms with van der Waals surface area (Å²) < 4.78 is 14.3. The number of nitrogens with one attached hydrogen (secondary N) is 1. The molecule has 1 unspecified atom stereocenters. The van der Waals surface area contributed by atoms with Crippen molar-refractivity contribution in [3.63, 3.8) is 0 Å². The van der Waals surface area contributed by atoms with Gasteiger partial charge in [0.2, 0.25) is 0 Å². The van der Waals surface area contributed by atoms with Gasteiger partial charge in [0.15, 0.2) is 0 Å². The zero-order valence-corrected chi connectivity index (χ0v) is 11.3. The molecule has 17 heavy (non-hydrogen) atoms. The molecule has 1 aliphatic rings. The van der Waals surface area contributed by atoms with Crippen molar-refractivity contribution in [2.24, 2.45) is 5.92 Å². The van der Waals surface area contributed by atoms with E-state index < -0.39 is 0 Å². The second-order valence-corrected chi connectivity index (χ2v) is 5.51. The number of rotatable bonds is 3. The molecular formula is C12H15N3OSe. The van der Waals surface area contributed by atoms with Crippen LogP contribution in [0.4, 0.5) is 5.69 Å². The summed E-state index contributed by atoms with van der Waals surface area (Å²) in [6, 6.07) is 6.16. The maximum atomic E-state index is 5.48. The van der Waals surface area contributed by atoms with Gasteiger partial charge in [-0.15, -0.1) is 0 Å². The molecule has 5 heteroatoms. The number of nitrogens with zero attached hydrogens (tertiary/aromatic N) is 2. The minimum atomic E-state index is 0.0497. The fraction of sp³-hybridized carbons (Fsp3) is 0.500. The van der Waals surface area contributed by atoms with Crippen LogP contribution in [0.2, 0.25) is 0 Å². The molecule has 1 saturated heterocycles. The van der Waals surface area contributed by atoms with Gasteiger partial charge in [-0.1, -0.05) is 0 Å². The average Bonchev–Trinajstić information content (AvgIpc) is 2.86. The number of aromatic nitrogens is 2.